The molecule has 0 aromatic heterocycles. The van der Waals surface area contributed by atoms with E-state index in [9.17, 15) is 4.79 Å². The average Bonchev–Trinajstić information content (AvgIpc) is 2.52. The smallest absolute Gasteiger partial charge is 0.319 e. The lowest BCUT2D eigenvalue weighted by Crippen LogP contribution is -2.48. The van der Waals surface area contributed by atoms with Gasteiger partial charge in [0.05, 0.1) is 0 Å². The number of aryl methyl sites for hydroxylation is 1. The van der Waals surface area contributed by atoms with Crippen LogP contribution in [0.5, 0.6) is 0 Å². The van der Waals surface area contributed by atoms with Crippen LogP contribution in [0.1, 0.15) is 36.8 Å². The Hall–Kier alpha value is -1.55. The fourth-order valence-corrected chi connectivity index (χ4v) is 3.00. The molecule has 0 unspecified atom stereocenters. The molecule has 4 nitrogen and oxygen atoms in total. The molecule has 4 heteroatoms. The first-order valence-corrected chi connectivity index (χ1v) is 8.23. The fourth-order valence-electron chi connectivity index (χ4n) is 3.00. The van der Waals surface area contributed by atoms with Gasteiger partial charge in [-0.05, 0) is 31.2 Å². The number of carbonyl (C=O) groups is 1. The number of hydrogen-bond donors (Lipinski definition) is 1. The minimum atomic E-state index is 0.131. The van der Waals surface area contributed by atoms with E-state index < -0.39 is 0 Å². The molecule has 1 aromatic rings. The first kappa shape index (κ1) is 16.8. The highest BCUT2D eigenvalue weighted by Gasteiger charge is 2.23. The first-order valence-electron chi connectivity index (χ1n) is 8.23. The van der Waals surface area contributed by atoms with Gasteiger partial charge >= 0.3 is 6.03 Å². The molecule has 1 aliphatic heterocycles. The van der Waals surface area contributed by atoms with Crippen LogP contribution in [0.2, 0.25) is 0 Å². The predicted octanol–water partition coefficient (Wildman–Crippen LogP) is 2.83. The first-order chi connectivity index (χ1) is 10.5. The Kier molecular flexibility index (Phi) is 5.83. The topological polar surface area (TPSA) is 35.6 Å². The Bertz CT molecular complexity index is 493. The molecule has 1 aliphatic rings. The number of hydrogen-bond acceptors (Lipinski definition) is 2. The largest absolute Gasteiger partial charge is 0.331 e. The zero-order chi connectivity index (χ0) is 16.1. The molecule has 2 amide bonds. The van der Waals surface area contributed by atoms with E-state index in [2.05, 4.69) is 43.4 Å². The molecular formula is C18H29N3O. The lowest BCUT2D eigenvalue weighted by atomic mass is 9.98. The van der Waals surface area contributed by atoms with Gasteiger partial charge in [-0.3, -0.25) is 0 Å². The van der Waals surface area contributed by atoms with E-state index >= 15 is 0 Å². The molecule has 0 saturated carbocycles. The quantitative estimate of drug-likeness (QED) is 0.928. The maximum atomic E-state index is 11.9. The molecule has 1 saturated heterocycles. The van der Waals surface area contributed by atoms with Crippen LogP contribution in [-0.2, 0) is 0 Å². The summed E-state index contributed by atoms with van der Waals surface area (Å²) >= 11 is 0. The summed E-state index contributed by atoms with van der Waals surface area (Å²) in [6.07, 6.45) is 2.08. The molecule has 0 bridgehead atoms. The maximum absolute atomic E-state index is 11.9. The van der Waals surface area contributed by atoms with Gasteiger partial charge < -0.3 is 15.1 Å². The van der Waals surface area contributed by atoms with Crippen molar-refractivity contribution in [3.63, 3.8) is 0 Å². The minimum absolute atomic E-state index is 0.131. The third-order valence-electron chi connectivity index (χ3n) is 4.47. The monoisotopic (exact) mass is 303 g/mol. The van der Waals surface area contributed by atoms with Crippen molar-refractivity contribution in [1.82, 2.24) is 15.1 Å². The van der Waals surface area contributed by atoms with Gasteiger partial charge in [0.2, 0.25) is 0 Å². The number of nitrogens with one attached hydrogen (secondary N) is 1. The standard InChI is InChI=1S/C18H29N3O/c1-14-6-5-7-16(12-14)15(2)13-19-17-8-10-21(11-9-17)18(22)20(3)4/h5-7,12,15,17,19H,8-11,13H2,1-4H3/t15-/m0/s1. The Morgan fingerprint density at radius 2 is 2.05 bits per heavy atom. The average molecular weight is 303 g/mol. The molecular weight excluding hydrogens is 274 g/mol. The Balaban J connectivity index is 1.76. The summed E-state index contributed by atoms with van der Waals surface area (Å²) < 4.78 is 0. The third-order valence-corrected chi connectivity index (χ3v) is 4.47. The molecule has 2 rings (SSSR count). The Labute approximate surface area is 134 Å². The second-order valence-electron chi connectivity index (χ2n) is 6.66. The van der Waals surface area contributed by atoms with Gasteiger partial charge in [-0.25, -0.2) is 4.79 Å². The fraction of sp³-hybridized carbons (Fsp3) is 0.611. The summed E-state index contributed by atoms with van der Waals surface area (Å²) in [6.45, 7) is 7.12. The molecule has 1 aromatic carbocycles. The summed E-state index contributed by atoms with van der Waals surface area (Å²) in [5.41, 5.74) is 2.72. The van der Waals surface area contributed by atoms with Crippen molar-refractivity contribution in [3.8, 4) is 0 Å². The van der Waals surface area contributed by atoms with Gasteiger partial charge in [-0.15, -0.1) is 0 Å². The lowest BCUT2D eigenvalue weighted by Gasteiger charge is -2.34. The molecule has 1 fully saturated rings. The van der Waals surface area contributed by atoms with E-state index in [-0.39, 0.29) is 6.03 Å². The van der Waals surface area contributed by atoms with E-state index in [1.807, 2.05) is 19.0 Å². The number of amides is 2. The van der Waals surface area contributed by atoms with Crippen LogP contribution < -0.4 is 5.32 Å². The van der Waals surface area contributed by atoms with Gasteiger partial charge in [0.15, 0.2) is 0 Å². The van der Waals surface area contributed by atoms with Gasteiger partial charge in [-0.2, -0.15) is 0 Å². The highest BCUT2D eigenvalue weighted by atomic mass is 16.2. The molecule has 0 aliphatic carbocycles. The second-order valence-corrected chi connectivity index (χ2v) is 6.66. The molecule has 22 heavy (non-hydrogen) atoms. The van der Waals surface area contributed by atoms with Crippen LogP contribution in [0.15, 0.2) is 24.3 Å². The summed E-state index contributed by atoms with van der Waals surface area (Å²) in [5.74, 6) is 0.515. The van der Waals surface area contributed by atoms with E-state index in [4.69, 9.17) is 0 Å². The van der Waals surface area contributed by atoms with Crippen LogP contribution in [0, 0.1) is 6.92 Å². The lowest BCUT2D eigenvalue weighted by molar-refractivity contribution is 0.152. The molecule has 1 atom stereocenters. The summed E-state index contributed by atoms with van der Waals surface area (Å²) in [7, 11) is 3.63. The summed E-state index contributed by atoms with van der Waals surface area (Å²) in [5, 5.41) is 3.68. The molecule has 0 spiro atoms. The zero-order valence-corrected chi connectivity index (χ0v) is 14.3. The molecule has 0 radical (unpaired) electrons. The molecule has 1 heterocycles. The number of urea groups is 1. The van der Waals surface area contributed by atoms with Crippen LogP contribution >= 0.6 is 0 Å². The van der Waals surface area contributed by atoms with Crippen LogP contribution in [0.25, 0.3) is 0 Å². The molecule has 1 N–H and O–H groups in total. The van der Waals surface area contributed by atoms with Gasteiger partial charge in [-0.1, -0.05) is 36.8 Å². The van der Waals surface area contributed by atoms with E-state index in [0.717, 1.165) is 32.5 Å². The maximum Gasteiger partial charge on any atom is 0.319 e. The van der Waals surface area contributed by atoms with Crippen molar-refractivity contribution in [2.24, 2.45) is 0 Å². The second kappa shape index (κ2) is 7.63. The van der Waals surface area contributed by atoms with Gasteiger partial charge in [0, 0.05) is 39.8 Å². The van der Waals surface area contributed by atoms with Gasteiger partial charge in [0.1, 0.15) is 0 Å². The van der Waals surface area contributed by atoms with E-state index in [1.165, 1.54) is 11.1 Å². The van der Waals surface area contributed by atoms with Crippen LogP contribution in [-0.4, -0.2) is 55.6 Å². The van der Waals surface area contributed by atoms with Crippen LogP contribution in [0.4, 0.5) is 4.79 Å². The SMILES string of the molecule is Cc1cccc([C@@H](C)CNC2CCN(C(=O)N(C)C)CC2)c1. The van der Waals surface area contributed by atoms with Crippen molar-refractivity contribution >= 4 is 6.03 Å². The predicted molar refractivity (Wildman–Crippen MR) is 91.3 cm³/mol. The molecule has 122 valence electrons. The highest BCUT2D eigenvalue weighted by molar-refractivity contribution is 5.73. The minimum Gasteiger partial charge on any atom is -0.331 e. The highest BCUT2D eigenvalue weighted by Crippen LogP contribution is 2.17. The number of benzene rings is 1. The zero-order valence-electron chi connectivity index (χ0n) is 14.3. The third kappa shape index (κ3) is 4.47. The Morgan fingerprint density at radius 3 is 2.64 bits per heavy atom. The normalized spacial score (nSPS) is 17.4. The van der Waals surface area contributed by atoms with Crippen molar-refractivity contribution in [2.75, 3.05) is 33.7 Å². The number of nitrogens with zero attached hydrogens (tertiary/aromatic N) is 2. The van der Waals surface area contributed by atoms with Crippen molar-refractivity contribution in [3.05, 3.63) is 35.4 Å². The van der Waals surface area contributed by atoms with Gasteiger partial charge in [0.25, 0.3) is 0 Å². The summed E-state index contributed by atoms with van der Waals surface area (Å²) in [4.78, 5) is 15.5. The number of carbonyl (C=O) groups excluding carboxylic acids is 1. The van der Waals surface area contributed by atoms with Crippen molar-refractivity contribution in [2.45, 2.75) is 38.6 Å². The van der Waals surface area contributed by atoms with E-state index in [1.54, 1.807) is 4.90 Å². The Morgan fingerprint density at radius 1 is 1.36 bits per heavy atom. The number of rotatable bonds is 4. The number of likely N-dealkylation sites (tertiary alicyclic amines) is 1. The van der Waals surface area contributed by atoms with E-state index in [0.29, 0.717) is 12.0 Å². The summed E-state index contributed by atoms with van der Waals surface area (Å²) in [6, 6.07) is 9.40. The van der Waals surface area contributed by atoms with Crippen molar-refractivity contribution in [1.29, 1.82) is 0 Å². The van der Waals surface area contributed by atoms with Crippen molar-refractivity contribution < 1.29 is 4.79 Å². The van der Waals surface area contributed by atoms with Crippen LogP contribution in [0.3, 0.4) is 0 Å². The number of piperidine rings is 1.